The van der Waals surface area contributed by atoms with Crippen LogP contribution in [0.2, 0.25) is 0 Å². The number of fused-ring (bicyclic) bond motifs is 1. The molecule has 0 saturated heterocycles. The fourth-order valence-electron chi connectivity index (χ4n) is 1.91. The van der Waals surface area contributed by atoms with Crippen LogP contribution in [-0.4, -0.2) is 26.3 Å². The molecule has 3 heteroatoms. The Morgan fingerprint density at radius 1 is 1.47 bits per heavy atom. The molecule has 0 amide bonds. The van der Waals surface area contributed by atoms with E-state index in [-0.39, 0.29) is 0 Å². The minimum atomic E-state index is -1.76. The van der Waals surface area contributed by atoms with E-state index in [0.29, 0.717) is 0 Å². The fourth-order valence-corrected chi connectivity index (χ4v) is 4.78. The summed E-state index contributed by atoms with van der Waals surface area (Å²) in [6.07, 6.45) is 3.55. The topological polar surface area (TPSA) is 20.3 Å². The zero-order valence-electron chi connectivity index (χ0n) is 9.32. The molecule has 0 aliphatic carbocycles. The molecule has 1 aliphatic rings. The average molecular weight is 270 g/mol. The predicted molar refractivity (Wildman–Crippen MR) is 64.4 cm³/mol. The Hall–Kier alpha value is -0.661. The Kier molecular flexibility index (Phi) is 3.22. The summed E-state index contributed by atoms with van der Waals surface area (Å²) >= 11 is -1.76. The van der Waals surface area contributed by atoms with Gasteiger partial charge in [0, 0.05) is 0 Å². The standard InChI is InChI=1S/C12H17NOSe/c1-3-4-5-10-6-7-11-12(8-10)15(14)9-13(11)2/h6-8H,3-5,9H2,1-2H3. The van der Waals surface area contributed by atoms with Crippen LogP contribution >= 0.6 is 0 Å². The average Bonchev–Trinajstić information content (AvgIpc) is 2.52. The number of unbranched alkanes of at least 4 members (excludes halogenated alkanes) is 1. The van der Waals surface area contributed by atoms with Gasteiger partial charge in [0.1, 0.15) is 0 Å². The number of rotatable bonds is 3. The van der Waals surface area contributed by atoms with Crippen molar-refractivity contribution in [3.05, 3.63) is 23.8 Å². The summed E-state index contributed by atoms with van der Waals surface area (Å²) in [6.45, 7) is 2.20. The van der Waals surface area contributed by atoms with Gasteiger partial charge in [-0.3, -0.25) is 0 Å². The van der Waals surface area contributed by atoms with E-state index >= 15 is 0 Å². The van der Waals surface area contributed by atoms with Crippen LogP contribution in [0.15, 0.2) is 18.2 Å². The van der Waals surface area contributed by atoms with Crippen LogP contribution in [0.4, 0.5) is 5.69 Å². The summed E-state index contributed by atoms with van der Waals surface area (Å²) in [5.74, 6) is 0. The molecule has 0 aromatic heterocycles. The van der Waals surface area contributed by atoms with Gasteiger partial charge in [0.25, 0.3) is 0 Å². The number of anilines is 1. The first-order valence-electron chi connectivity index (χ1n) is 5.45. The van der Waals surface area contributed by atoms with E-state index in [1.54, 1.807) is 0 Å². The Morgan fingerprint density at radius 3 is 3.00 bits per heavy atom. The van der Waals surface area contributed by atoms with Gasteiger partial charge >= 0.3 is 95.2 Å². The molecule has 0 bridgehead atoms. The first kappa shape index (κ1) is 10.8. The third kappa shape index (κ3) is 2.14. The van der Waals surface area contributed by atoms with Crippen LogP contribution in [0.25, 0.3) is 0 Å². The second-order valence-corrected chi connectivity index (χ2v) is 6.99. The van der Waals surface area contributed by atoms with Crippen LogP contribution in [0.1, 0.15) is 25.3 Å². The molecule has 1 atom stereocenters. The van der Waals surface area contributed by atoms with Crippen LogP contribution in [0.3, 0.4) is 0 Å². The van der Waals surface area contributed by atoms with Crippen molar-refractivity contribution in [1.29, 1.82) is 0 Å². The van der Waals surface area contributed by atoms with Gasteiger partial charge in [0.05, 0.1) is 0 Å². The maximum atomic E-state index is 11.9. The zero-order valence-corrected chi connectivity index (χ0v) is 11.0. The molecule has 1 aromatic rings. The number of hydrogen-bond donors (Lipinski definition) is 0. The van der Waals surface area contributed by atoms with E-state index in [1.807, 2.05) is 7.05 Å². The molecule has 0 radical (unpaired) electrons. The Bertz CT molecular complexity index is 389. The van der Waals surface area contributed by atoms with Crippen LogP contribution in [-0.2, 0) is 10.3 Å². The van der Waals surface area contributed by atoms with Crippen LogP contribution in [0, 0.1) is 0 Å². The summed E-state index contributed by atoms with van der Waals surface area (Å²) in [7, 11) is 2.02. The van der Waals surface area contributed by atoms with Crippen molar-refractivity contribution in [2.75, 3.05) is 17.4 Å². The predicted octanol–water partition coefficient (Wildman–Crippen LogP) is 1.65. The Morgan fingerprint density at radius 2 is 2.27 bits per heavy atom. The molecular formula is C12H17NOSe. The van der Waals surface area contributed by atoms with Gasteiger partial charge in [-0.05, 0) is 0 Å². The normalized spacial score (nSPS) is 19.3. The van der Waals surface area contributed by atoms with Gasteiger partial charge in [0.2, 0.25) is 0 Å². The van der Waals surface area contributed by atoms with Crippen molar-refractivity contribution in [2.24, 2.45) is 0 Å². The van der Waals surface area contributed by atoms with E-state index in [4.69, 9.17) is 0 Å². The Labute approximate surface area is 95.4 Å². The van der Waals surface area contributed by atoms with Crippen LogP contribution < -0.4 is 9.36 Å². The molecule has 2 rings (SSSR count). The molecule has 1 heterocycles. The van der Waals surface area contributed by atoms with Crippen molar-refractivity contribution in [3.8, 4) is 0 Å². The number of aryl methyl sites for hydroxylation is 1. The Balaban J connectivity index is 2.26. The summed E-state index contributed by atoms with van der Waals surface area (Å²) in [5.41, 5.74) is 3.26. The first-order chi connectivity index (χ1) is 7.22. The fraction of sp³-hybridized carbons (Fsp3) is 0.500. The van der Waals surface area contributed by atoms with Gasteiger partial charge in [-0.15, -0.1) is 0 Å². The quantitative estimate of drug-likeness (QED) is 0.778. The molecule has 1 unspecified atom stereocenters. The molecule has 0 N–H and O–H groups in total. The molecular weight excluding hydrogens is 253 g/mol. The first-order valence-corrected chi connectivity index (χ1v) is 8.21. The third-order valence-electron chi connectivity index (χ3n) is 2.81. The summed E-state index contributed by atoms with van der Waals surface area (Å²) < 4.78 is 13.0. The SMILES string of the molecule is CCCCc1ccc2c(c1)[Se](=O)CN2C. The molecule has 0 spiro atoms. The van der Waals surface area contributed by atoms with Crippen molar-refractivity contribution >= 4 is 24.0 Å². The van der Waals surface area contributed by atoms with E-state index < -0.39 is 13.8 Å². The van der Waals surface area contributed by atoms with Crippen molar-refractivity contribution in [1.82, 2.24) is 0 Å². The molecule has 2 nitrogen and oxygen atoms in total. The van der Waals surface area contributed by atoms with E-state index in [0.717, 1.165) is 16.3 Å². The molecule has 15 heavy (non-hydrogen) atoms. The number of benzene rings is 1. The van der Waals surface area contributed by atoms with Crippen molar-refractivity contribution in [2.45, 2.75) is 26.2 Å². The van der Waals surface area contributed by atoms with Crippen molar-refractivity contribution < 1.29 is 3.83 Å². The molecule has 0 saturated carbocycles. The van der Waals surface area contributed by atoms with Gasteiger partial charge in [-0.1, -0.05) is 0 Å². The molecule has 0 fully saturated rings. The molecule has 82 valence electrons. The third-order valence-corrected chi connectivity index (χ3v) is 5.83. The van der Waals surface area contributed by atoms with Gasteiger partial charge in [-0.25, -0.2) is 0 Å². The number of hydrogen-bond acceptors (Lipinski definition) is 2. The van der Waals surface area contributed by atoms with E-state index in [9.17, 15) is 3.83 Å². The van der Waals surface area contributed by atoms with Gasteiger partial charge in [0.15, 0.2) is 0 Å². The summed E-state index contributed by atoms with van der Waals surface area (Å²) in [4.78, 5) is 2.11. The molecule has 1 aromatic carbocycles. The maximum absolute atomic E-state index is 11.9. The van der Waals surface area contributed by atoms with Gasteiger partial charge < -0.3 is 0 Å². The summed E-state index contributed by atoms with van der Waals surface area (Å²) in [5, 5.41) is 0. The number of nitrogens with zero attached hydrogens (tertiary/aromatic N) is 1. The van der Waals surface area contributed by atoms with Crippen molar-refractivity contribution in [3.63, 3.8) is 0 Å². The molecule has 1 aliphatic heterocycles. The van der Waals surface area contributed by atoms with Gasteiger partial charge in [-0.2, -0.15) is 0 Å². The van der Waals surface area contributed by atoms with Crippen LogP contribution in [0.5, 0.6) is 0 Å². The second kappa shape index (κ2) is 4.46. The zero-order chi connectivity index (χ0) is 10.8. The second-order valence-electron chi connectivity index (χ2n) is 4.08. The van der Waals surface area contributed by atoms with E-state index in [1.165, 1.54) is 24.1 Å². The minimum absolute atomic E-state index is 0.743. The van der Waals surface area contributed by atoms with E-state index in [2.05, 4.69) is 30.0 Å². The summed E-state index contributed by atoms with van der Waals surface area (Å²) in [6, 6.07) is 6.46. The monoisotopic (exact) mass is 271 g/mol.